The fourth-order valence-corrected chi connectivity index (χ4v) is 3.47. The highest BCUT2D eigenvalue weighted by atomic mass is 35.5. The van der Waals surface area contributed by atoms with E-state index in [4.69, 9.17) is 11.6 Å². The summed E-state index contributed by atoms with van der Waals surface area (Å²) in [7, 11) is 1.91. The molecule has 0 aliphatic carbocycles. The predicted octanol–water partition coefficient (Wildman–Crippen LogP) is 1.83. The van der Waals surface area contributed by atoms with E-state index in [0.29, 0.717) is 18.2 Å². The van der Waals surface area contributed by atoms with Crippen molar-refractivity contribution in [3.8, 4) is 0 Å². The van der Waals surface area contributed by atoms with Crippen LogP contribution in [-0.2, 0) is 24.8 Å². The molecule has 5 nitrogen and oxygen atoms in total. The molecule has 0 bridgehead atoms. The van der Waals surface area contributed by atoms with Gasteiger partial charge in [0.2, 0.25) is 11.2 Å². The van der Waals surface area contributed by atoms with Crippen molar-refractivity contribution in [2.75, 3.05) is 26.2 Å². The molecule has 0 atom stereocenters. The van der Waals surface area contributed by atoms with Crippen LogP contribution >= 0.6 is 11.6 Å². The van der Waals surface area contributed by atoms with Gasteiger partial charge >= 0.3 is 0 Å². The summed E-state index contributed by atoms with van der Waals surface area (Å²) in [5, 5.41) is 0.516. The lowest BCUT2D eigenvalue weighted by atomic mass is 10.1. The standard InChI is InChI=1S/C15H23ClN4O/c1-18-13-11-20(10-5-12(13)17-15(18)16)14(21)6-9-19-7-3-2-4-8-19/h2-11H2,1H3. The van der Waals surface area contributed by atoms with Crippen LogP contribution in [0.3, 0.4) is 0 Å². The normalized spacial score (nSPS) is 19.6. The first-order valence-corrected chi connectivity index (χ1v) is 8.23. The first kappa shape index (κ1) is 14.9. The molecule has 2 aliphatic heterocycles. The molecule has 1 fully saturated rings. The van der Waals surface area contributed by atoms with Gasteiger partial charge in [0, 0.05) is 33.0 Å². The predicted molar refractivity (Wildman–Crippen MR) is 82.2 cm³/mol. The van der Waals surface area contributed by atoms with Gasteiger partial charge < -0.3 is 14.4 Å². The molecule has 6 heteroatoms. The fraction of sp³-hybridized carbons (Fsp3) is 0.733. The van der Waals surface area contributed by atoms with Gasteiger partial charge in [0.1, 0.15) is 0 Å². The number of carbonyl (C=O) groups excluding carboxylic acids is 1. The Morgan fingerprint density at radius 3 is 2.76 bits per heavy atom. The van der Waals surface area contributed by atoms with Crippen LogP contribution in [0.2, 0.25) is 5.28 Å². The van der Waals surface area contributed by atoms with E-state index in [2.05, 4.69) is 9.88 Å². The maximum Gasteiger partial charge on any atom is 0.224 e. The molecule has 1 aromatic rings. The molecule has 1 saturated heterocycles. The Hall–Kier alpha value is -1.07. The molecule has 1 amide bonds. The molecule has 0 spiro atoms. The molecule has 0 N–H and O–H groups in total. The summed E-state index contributed by atoms with van der Waals surface area (Å²) in [6, 6.07) is 0. The van der Waals surface area contributed by atoms with Gasteiger partial charge in [0.15, 0.2) is 0 Å². The first-order chi connectivity index (χ1) is 10.1. The molecule has 0 aromatic carbocycles. The summed E-state index contributed by atoms with van der Waals surface area (Å²) in [5.41, 5.74) is 2.13. The van der Waals surface area contributed by atoms with Gasteiger partial charge in [-0.05, 0) is 37.5 Å². The third kappa shape index (κ3) is 3.24. The van der Waals surface area contributed by atoms with Gasteiger partial charge in [-0.25, -0.2) is 4.98 Å². The highest BCUT2D eigenvalue weighted by Crippen LogP contribution is 2.22. The summed E-state index contributed by atoms with van der Waals surface area (Å²) in [6.07, 6.45) is 5.32. The number of nitrogens with zero attached hydrogens (tertiary/aromatic N) is 4. The number of imidazole rings is 1. The summed E-state index contributed by atoms with van der Waals surface area (Å²) < 4.78 is 1.89. The number of hydrogen-bond donors (Lipinski definition) is 0. The smallest absolute Gasteiger partial charge is 0.224 e. The second-order valence-electron chi connectivity index (χ2n) is 6.05. The van der Waals surface area contributed by atoms with Crippen LogP contribution in [0.25, 0.3) is 0 Å². The van der Waals surface area contributed by atoms with Crippen molar-refractivity contribution in [2.24, 2.45) is 7.05 Å². The zero-order chi connectivity index (χ0) is 14.8. The van der Waals surface area contributed by atoms with Crippen molar-refractivity contribution in [2.45, 2.75) is 38.6 Å². The van der Waals surface area contributed by atoms with Gasteiger partial charge in [-0.2, -0.15) is 0 Å². The summed E-state index contributed by atoms with van der Waals surface area (Å²) in [6.45, 7) is 4.60. The zero-order valence-electron chi connectivity index (χ0n) is 12.6. The van der Waals surface area contributed by atoms with E-state index >= 15 is 0 Å². The van der Waals surface area contributed by atoms with Gasteiger partial charge in [-0.1, -0.05) is 6.42 Å². The Balaban J connectivity index is 1.55. The zero-order valence-corrected chi connectivity index (χ0v) is 13.4. The topological polar surface area (TPSA) is 41.4 Å². The molecular weight excluding hydrogens is 288 g/mol. The lowest BCUT2D eigenvalue weighted by Gasteiger charge is -2.30. The van der Waals surface area contributed by atoms with Crippen molar-refractivity contribution in [1.82, 2.24) is 19.4 Å². The van der Waals surface area contributed by atoms with Crippen molar-refractivity contribution < 1.29 is 4.79 Å². The quantitative estimate of drug-likeness (QED) is 0.855. The van der Waals surface area contributed by atoms with E-state index < -0.39 is 0 Å². The Kier molecular flexibility index (Phi) is 4.50. The van der Waals surface area contributed by atoms with Gasteiger partial charge in [-0.15, -0.1) is 0 Å². The summed E-state index contributed by atoms with van der Waals surface area (Å²) in [4.78, 5) is 21.1. The molecule has 0 saturated carbocycles. The van der Waals surface area contributed by atoms with E-state index in [1.54, 1.807) is 0 Å². The molecular formula is C15H23ClN4O. The number of likely N-dealkylation sites (tertiary alicyclic amines) is 1. The van der Waals surface area contributed by atoms with E-state index in [1.165, 1.54) is 19.3 Å². The number of amides is 1. The molecule has 0 radical (unpaired) electrons. The molecule has 21 heavy (non-hydrogen) atoms. The van der Waals surface area contributed by atoms with Crippen molar-refractivity contribution in [3.63, 3.8) is 0 Å². The minimum Gasteiger partial charge on any atom is -0.336 e. The van der Waals surface area contributed by atoms with Gasteiger partial charge in [-0.3, -0.25) is 4.79 Å². The monoisotopic (exact) mass is 310 g/mol. The second kappa shape index (κ2) is 6.36. The van der Waals surface area contributed by atoms with Crippen molar-refractivity contribution >= 4 is 17.5 Å². The minimum absolute atomic E-state index is 0.253. The van der Waals surface area contributed by atoms with E-state index in [9.17, 15) is 4.79 Å². The highest BCUT2D eigenvalue weighted by Gasteiger charge is 2.25. The average Bonchev–Trinajstić information content (AvgIpc) is 2.80. The van der Waals surface area contributed by atoms with Crippen LogP contribution < -0.4 is 0 Å². The molecule has 1 aromatic heterocycles. The van der Waals surface area contributed by atoms with E-state index in [-0.39, 0.29) is 5.91 Å². The van der Waals surface area contributed by atoms with Crippen molar-refractivity contribution in [3.05, 3.63) is 16.7 Å². The van der Waals surface area contributed by atoms with E-state index in [1.807, 2.05) is 16.5 Å². The number of halogens is 1. The molecule has 2 aliphatic rings. The number of hydrogen-bond acceptors (Lipinski definition) is 3. The van der Waals surface area contributed by atoms with Crippen LogP contribution in [0, 0.1) is 0 Å². The number of aromatic nitrogens is 2. The summed E-state index contributed by atoms with van der Waals surface area (Å²) in [5.74, 6) is 0.253. The first-order valence-electron chi connectivity index (χ1n) is 7.85. The molecule has 0 unspecified atom stereocenters. The van der Waals surface area contributed by atoms with Crippen LogP contribution in [-0.4, -0.2) is 51.4 Å². The second-order valence-corrected chi connectivity index (χ2v) is 6.39. The molecule has 116 valence electrons. The SMILES string of the molecule is Cn1c(Cl)nc2c1CN(C(=O)CCN1CCCCC1)CC2. The largest absolute Gasteiger partial charge is 0.336 e. The van der Waals surface area contributed by atoms with Crippen molar-refractivity contribution in [1.29, 1.82) is 0 Å². The number of piperidine rings is 1. The number of rotatable bonds is 3. The highest BCUT2D eigenvalue weighted by molar-refractivity contribution is 6.28. The number of carbonyl (C=O) groups is 1. The Labute approximate surface area is 130 Å². The third-order valence-electron chi connectivity index (χ3n) is 4.64. The third-order valence-corrected chi connectivity index (χ3v) is 4.98. The average molecular weight is 311 g/mol. The lowest BCUT2D eigenvalue weighted by Crippen LogP contribution is -2.39. The molecule has 3 heterocycles. The fourth-order valence-electron chi connectivity index (χ4n) is 3.26. The van der Waals surface area contributed by atoms with Crippen LogP contribution in [0.15, 0.2) is 0 Å². The molecule has 3 rings (SSSR count). The maximum absolute atomic E-state index is 12.4. The Morgan fingerprint density at radius 2 is 2.00 bits per heavy atom. The maximum atomic E-state index is 12.4. The minimum atomic E-state index is 0.253. The van der Waals surface area contributed by atoms with Crippen LogP contribution in [0.5, 0.6) is 0 Å². The van der Waals surface area contributed by atoms with Gasteiger partial charge in [0.25, 0.3) is 0 Å². The lowest BCUT2D eigenvalue weighted by molar-refractivity contribution is -0.132. The van der Waals surface area contributed by atoms with Crippen LogP contribution in [0.4, 0.5) is 0 Å². The van der Waals surface area contributed by atoms with E-state index in [0.717, 1.165) is 44.0 Å². The van der Waals surface area contributed by atoms with Gasteiger partial charge in [0.05, 0.1) is 17.9 Å². The Bertz CT molecular complexity index is 522. The summed E-state index contributed by atoms with van der Waals surface area (Å²) >= 11 is 6.05. The number of fused-ring (bicyclic) bond motifs is 1. The Morgan fingerprint density at radius 1 is 1.24 bits per heavy atom. The van der Waals surface area contributed by atoms with Crippen LogP contribution in [0.1, 0.15) is 37.1 Å².